The number of phenols is 1. The largest absolute Gasteiger partial charge is 0.506 e. The van der Waals surface area contributed by atoms with Crippen molar-refractivity contribution in [2.24, 2.45) is 0 Å². The van der Waals surface area contributed by atoms with E-state index >= 15 is 0 Å². The second-order valence-corrected chi connectivity index (χ2v) is 4.85. The maximum Gasteiger partial charge on any atom is 0.140 e. The summed E-state index contributed by atoms with van der Waals surface area (Å²) in [4.78, 5) is 0. The van der Waals surface area contributed by atoms with Crippen LogP contribution in [0.5, 0.6) is 5.75 Å². The highest BCUT2D eigenvalue weighted by atomic mass is 35.5. The molecule has 15 heavy (non-hydrogen) atoms. The van der Waals surface area contributed by atoms with Crippen LogP contribution in [0.25, 0.3) is 0 Å². The summed E-state index contributed by atoms with van der Waals surface area (Å²) in [5.41, 5.74) is 2.16. The van der Waals surface area contributed by atoms with Crippen LogP contribution < -0.4 is 5.32 Å². The monoisotopic (exact) mass is 225 g/mol. The Bertz CT molecular complexity index is 385. The van der Waals surface area contributed by atoms with Gasteiger partial charge in [-0.3, -0.25) is 0 Å². The maximum atomic E-state index is 9.69. The third-order valence-corrected chi connectivity index (χ3v) is 3.42. The number of anilines is 1. The number of phenolic OH excluding ortho intramolecular Hbond substituents is 1. The van der Waals surface area contributed by atoms with Crippen molar-refractivity contribution in [1.29, 1.82) is 0 Å². The fourth-order valence-electron chi connectivity index (χ4n) is 1.81. The zero-order chi connectivity index (χ0) is 11.1. The maximum absolute atomic E-state index is 9.69. The van der Waals surface area contributed by atoms with Gasteiger partial charge in [-0.15, -0.1) is 0 Å². The zero-order valence-corrected chi connectivity index (χ0v) is 9.86. The Labute approximate surface area is 95.3 Å². The fraction of sp³-hybridized carbons (Fsp3) is 0.500. The van der Waals surface area contributed by atoms with Crippen molar-refractivity contribution in [2.45, 2.75) is 32.1 Å². The van der Waals surface area contributed by atoms with Gasteiger partial charge in [0, 0.05) is 17.6 Å². The average Bonchev–Trinajstić information content (AvgIpc) is 2.89. The molecule has 82 valence electrons. The van der Waals surface area contributed by atoms with Gasteiger partial charge in [0.15, 0.2) is 0 Å². The Hall–Kier alpha value is -0.890. The molecule has 1 fully saturated rings. The van der Waals surface area contributed by atoms with Gasteiger partial charge >= 0.3 is 0 Å². The van der Waals surface area contributed by atoms with Crippen molar-refractivity contribution in [3.63, 3.8) is 0 Å². The van der Waals surface area contributed by atoms with Gasteiger partial charge in [-0.05, 0) is 36.8 Å². The molecule has 0 bridgehead atoms. The molecule has 0 aliphatic heterocycles. The van der Waals surface area contributed by atoms with Crippen LogP contribution in [0.2, 0.25) is 5.02 Å². The van der Waals surface area contributed by atoms with Crippen LogP contribution in [0.4, 0.5) is 5.69 Å². The highest BCUT2D eigenvalue weighted by Gasteiger charge is 2.40. The van der Waals surface area contributed by atoms with E-state index in [0.29, 0.717) is 5.02 Å². The first-order chi connectivity index (χ1) is 7.07. The van der Waals surface area contributed by atoms with Gasteiger partial charge in [0.25, 0.3) is 0 Å². The Kier molecular flexibility index (Phi) is 2.55. The van der Waals surface area contributed by atoms with Gasteiger partial charge in [-0.1, -0.05) is 18.5 Å². The molecule has 3 heteroatoms. The summed E-state index contributed by atoms with van der Waals surface area (Å²) < 4.78 is 0. The van der Waals surface area contributed by atoms with Crippen LogP contribution >= 0.6 is 11.6 Å². The third-order valence-electron chi connectivity index (χ3n) is 3.10. The van der Waals surface area contributed by atoms with Crippen LogP contribution in [0.1, 0.15) is 32.3 Å². The van der Waals surface area contributed by atoms with E-state index in [9.17, 15) is 5.11 Å². The van der Waals surface area contributed by atoms with Crippen molar-refractivity contribution in [1.82, 2.24) is 0 Å². The molecule has 2 rings (SSSR count). The Morgan fingerprint density at radius 3 is 2.67 bits per heavy atom. The Morgan fingerprint density at radius 2 is 2.13 bits per heavy atom. The predicted octanol–water partition coefficient (Wildman–Crippen LogP) is 3.53. The van der Waals surface area contributed by atoms with Gasteiger partial charge in [0.2, 0.25) is 0 Å². The summed E-state index contributed by atoms with van der Waals surface area (Å²) in [7, 11) is 0. The molecule has 1 aromatic carbocycles. The lowest BCUT2D eigenvalue weighted by Crippen LogP contribution is -2.04. The molecule has 0 atom stereocenters. The number of aromatic hydroxyl groups is 1. The minimum absolute atomic E-state index is 0.231. The molecule has 0 amide bonds. The van der Waals surface area contributed by atoms with Gasteiger partial charge < -0.3 is 10.4 Å². The molecule has 2 nitrogen and oxygen atoms in total. The van der Waals surface area contributed by atoms with Crippen molar-refractivity contribution < 1.29 is 5.11 Å². The molecule has 1 aliphatic rings. The highest BCUT2D eigenvalue weighted by Crippen LogP contribution is 2.51. The van der Waals surface area contributed by atoms with Crippen LogP contribution in [0.15, 0.2) is 12.1 Å². The van der Waals surface area contributed by atoms with Crippen molar-refractivity contribution >= 4 is 17.3 Å². The molecule has 1 aliphatic carbocycles. The highest BCUT2D eigenvalue weighted by molar-refractivity contribution is 6.31. The minimum Gasteiger partial charge on any atom is -0.506 e. The molecule has 0 radical (unpaired) electrons. The lowest BCUT2D eigenvalue weighted by atomic mass is 9.97. The summed E-state index contributed by atoms with van der Waals surface area (Å²) in [5, 5.41) is 13.5. The van der Waals surface area contributed by atoms with Gasteiger partial charge in [-0.2, -0.15) is 0 Å². The second-order valence-electron chi connectivity index (χ2n) is 4.44. The lowest BCUT2D eigenvalue weighted by molar-refractivity contribution is 0.477. The van der Waals surface area contributed by atoms with Crippen molar-refractivity contribution in [3.05, 3.63) is 22.7 Å². The minimum atomic E-state index is 0.231. The quantitative estimate of drug-likeness (QED) is 0.772. The molecule has 0 heterocycles. The number of hydrogen-bond donors (Lipinski definition) is 2. The molecule has 0 saturated heterocycles. The summed E-state index contributed by atoms with van der Waals surface area (Å²) in [6.45, 7) is 5.01. The van der Waals surface area contributed by atoms with Crippen molar-refractivity contribution in [3.8, 4) is 5.75 Å². The smallest absolute Gasteiger partial charge is 0.140 e. The first-order valence-electron chi connectivity index (χ1n) is 5.34. The molecule has 0 aromatic heterocycles. The third kappa shape index (κ3) is 1.91. The first-order valence-corrected chi connectivity index (χ1v) is 5.71. The number of benzene rings is 1. The molecule has 0 unspecified atom stereocenters. The SMILES string of the molecule is CCNc1cc(C2(C)CC2)c(Cl)cc1O. The molecule has 1 aromatic rings. The summed E-state index contributed by atoms with van der Waals surface area (Å²) in [5.74, 6) is 0.231. The lowest BCUT2D eigenvalue weighted by Gasteiger charge is -2.15. The topological polar surface area (TPSA) is 32.3 Å². The van der Waals surface area contributed by atoms with Gasteiger partial charge in [-0.25, -0.2) is 0 Å². The Morgan fingerprint density at radius 1 is 1.47 bits per heavy atom. The summed E-state index contributed by atoms with van der Waals surface area (Å²) in [6.07, 6.45) is 2.37. The van der Waals surface area contributed by atoms with E-state index in [0.717, 1.165) is 17.8 Å². The second kappa shape index (κ2) is 3.60. The van der Waals surface area contributed by atoms with Gasteiger partial charge in [0.1, 0.15) is 5.75 Å². The van der Waals surface area contributed by atoms with Crippen LogP contribution in [-0.2, 0) is 5.41 Å². The van der Waals surface area contributed by atoms with Crippen LogP contribution in [-0.4, -0.2) is 11.7 Å². The van der Waals surface area contributed by atoms with E-state index in [1.165, 1.54) is 12.8 Å². The summed E-state index contributed by atoms with van der Waals surface area (Å²) in [6, 6.07) is 3.62. The molecule has 2 N–H and O–H groups in total. The Balaban J connectivity index is 2.42. The molecule has 1 saturated carbocycles. The number of nitrogens with one attached hydrogen (secondary N) is 1. The van der Waals surface area contributed by atoms with Crippen molar-refractivity contribution in [2.75, 3.05) is 11.9 Å². The van der Waals surface area contributed by atoms with Crippen LogP contribution in [0, 0.1) is 0 Å². The molecular weight excluding hydrogens is 210 g/mol. The first kappa shape index (κ1) is 10.6. The van der Waals surface area contributed by atoms with Crippen LogP contribution in [0.3, 0.4) is 0 Å². The number of rotatable bonds is 3. The standard InChI is InChI=1S/C12H16ClNO/c1-3-14-10-6-8(12(2)4-5-12)9(13)7-11(10)15/h6-7,14-15H,3-5H2,1-2H3. The average molecular weight is 226 g/mol. The van der Waals surface area contributed by atoms with E-state index in [-0.39, 0.29) is 11.2 Å². The van der Waals surface area contributed by atoms with E-state index in [4.69, 9.17) is 11.6 Å². The van der Waals surface area contributed by atoms with E-state index in [2.05, 4.69) is 12.2 Å². The molecule has 0 spiro atoms. The van der Waals surface area contributed by atoms with E-state index < -0.39 is 0 Å². The number of hydrogen-bond acceptors (Lipinski definition) is 2. The normalized spacial score (nSPS) is 17.5. The van der Waals surface area contributed by atoms with E-state index in [1.807, 2.05) is 13.0 Å². The number of halogens is 1. The predicted molar refractivity (Wildman–Crippen MR) is 63.9 cm³/mol. The zero-order valence-electron chi connectivity index (χ0n) is 9.10. The summed E-state index contributed by atoms with van der Waals surface area (Å²) >= 11 is 6.14. The van der Waals surface area contributed by atoms with E-state index in [1.54, 1.807) is 6.07 Å². The van der Waals surface area contributed by atoms with Gasteiger partial charge in [0.05, 0.1) is 5.69 Å². The molecular formula is C12H16ClNO. The fourth-order valence-corrected chi connectivity index (χ4v) is 2.20.